The van der Waals surface area contributed by atoms with Crippen molar-refractivity contribution in [1.82, 2.24) is 0 Å². The van der Waals surface area contributed by atoms with Gasteiger partial charge in [0.2, 0.25) is 0 Å². The fourth-order valence-corrected chi connectivity index (χ4v) is 3.15. The highest BCUT2D eigenvalue weighted by atomic mass is 19.4. The summed E-state index contributed by atoms with van der Waals surface area (Å²) in [6.07, 6.45) is 0. The van der Waals surface area contributed by atoms with Crippen LogP contribution >= 0.6 is 0 Å². The molecule has 2 fully saturated rings. The third kappa shape index (κ3) is 2.80. The number of hydrogen-bond donors (Lipinski definition) is 0. The van der Waals surface area contributed by atoms with E-state index in [-0.39, 0.29) is 0 Å². The molecule has 2 saturated carbocycles. The van der Waals surface area contributed by atoms with Crippen LogP contribution in [0.4, 0.5) is 96.6 Å². The lowest BCUT2D eigenvalue weighted by Crippen LogP contribution is -2.86. The van der Waals surface area contributed by atoms with E-state index in [2.05, 4.69) is 0 Å². The van der Waals surface area contributed by atoms with Gasteiger partial charge in [-0.05, 0) is 0 Å². The average Bonchev–Trinajstić information content (AvgIpc) is 2.78. The first-order valence-corrected chi connectivity index (χ1v) is 8.64. The lowest BCUT2D eigenvalue weighted by Gasteiger charge is -2.51. The summed E-state index contributed by atoms with van der Waals surface area (Å²) in [4.78, 5) is 26.4. The van der Waals surface area contributed by atoms with Crippen molar-refractivity contribution in [3.8, 4) is 0 Å². The molecule has 0 heterocycles. The Balaban J connectivity index is 2.65. The molecular weight excluding hydrogens is 650 g/mol. The minimum absolute atomic E-state index is 1.95. The second kappa shape index (κ2) is 7.61. The molecule has 0 radical (unpaired) electrons. The Bertz CT molecular complexity index is 961. The minimum Gasteiger partial charge on any atom is -0.243 e. The molecule has 0 spiro atoms. The van der Waals surface area contributed by atoms with E-state index in [0.717, 1.165) is 0 Å². The van der Waals surface area contributed by atoms with Gasteiger partial charge in [0.25, 0.3) is 0 Å². The zero-order chi connectivity index (χ0) is 32.6. The Labute approximate surface area is 200 Å². The van der Waals surface area contributed by atoms with Crippen LogP contribution in [0.15, 0.2) is 0 Å². The number of alkyl halides is 22. The van der Waals surface area contributed by atoms with Crippen molar-refractivity contribution in [1.29, 1.82) is 0 Å². The average molecular weight is 650 g/mol. The largest absolute Gasteiger partial charge is 0.405 e. The molecule has 0 N–H and O–H groups in total. The number of halogens is 22. The van der Waals surface area contributed by atoms with Crippen molar-refractivity contribution >= 4 is 11.9 Å². The van der Waals surface area contributed by atoms with Crippen LogP contribution in [-0.4, -0.2) is 82.5 Å². The molecule has 2 aliphatic carbocycles. The Morgan fingerprint density at radius 3 is 0.550 bits per heavy atom. The smallest absolute Gasteiger partial charge is 0.243 e. The van der Waals surface area contributed by atoms with Crippen molar-refractivity contribution in [2.24, 2.45) is 0 Å². The second-order valence-corrected chi connectivity index (χ2v) is 7.80. The molecule has 0 aromatic rings. The molecule has 0 aromatic heterocycles. The van der Waals surface area contributed by atoms with Gasteiger partial charge in [-0.1, -0.05) is 0 Å². The van der Waals surface area contributed by atoms with Crippen molar-refractivity contribution in [3.63, 3.8) is 0 Å². The Morgan fingerprint density at radius 1 is 0.275 bits per heavy atom. The summed E-state index contributed by atoms with van der Waals surface area (Å²) in [5, 5.41) is 0. The first-order chi connectivity index (χ1) is 17.0. The fourth-order valence-electron chi connectivity index (χ4n) is 3.15. The summed E-state index contributed by atoms with van der Waals surface area (Å²) in [6.45, 7) is 0. The van der Waals surface area contributed by atoms with E-state index in [1.54, 1.807) is 0 Å². The van der Waals surface area contributed by atoms with Gasteiger partial charge in [0, 0.05) is 0 Å². The lowest BCUT2D eigenvalue weighted by molar-refractivity contribution is -0.484. The number of rotatable bonds is 2. The maximum absolute atomic E-state index is 14.3. The lowest BCUT2D eigenvalue weighted by atomic mass is 9.72. The minimum atomic E-state index is -8.19. The van der Waals surface area contributed by atoms with Gasteiger partial charge in [0.15, 0.2) is 0 Å². The highest BCUT2D eigenvalue weighted by molar-refractivity contribution is 5.87. The quantitative estimate of drug-likeness (QED) is 0.216. The highest BCUT2D eigenvalue weighted by Crippen LogP contribution is 2.71. The van der Waals surface area contributed by atoms with Crippen LogP contribution < -0.4 is 0 Å². The molecule has 4 nitrogen and oxygen atoms in total. The van der Waals surface area contributed by atoms with E-state index in [1.807, 2.05) is 9.78 Å². The normalized spacial score (nSPS) is 31.9. The molecule has 0 amide bonds. The standard InChI is InChI=1S/C14F22O4/c15-3(5(17,18)9(25,26)13(33,34)10(27,28)6(3,19)20)1(37)39-40-2(38)4(16)7(21,22)11(29,30)14(35,36)12(31,32)8(4,23)24. The first kappa shape index (κ1) is 33.6. The van der Waals surface area contributed by atoms with Gasteiger partial charge in [-0.3, -0.25) is 0 Å². The zero-order valence-electron chi connectivity index (χ0n) is 16.9. The first-order valence-electron chi connectivity index (χ1n) is 8.64. The van der Waals surface area contributed by atoms with Gasteiger partial charge >= 0.3 is 82.5 Å². The number of hydrogen-bond acceptors (Lipinski definition) is 4. The van der Waals surface area contributed by atoms with Gasteiger partial charge in [-0.25, -0.2) is 28.1 Å². The zero-order valence-corrected chi connectivity index (χ0v) is 16.9. The molecule has 234 valence electrons. The monoisotopic (exact) mass is 650 g/mol. The predicted molar refractivity (Wildman–Crippen MR) is 69.3 cm³/mol. The van der Waals surface area contributed by atoms with Crippen LogP contribution in [0.1, 0.15) is 0 Å². The summed E-state index contributed by atoms with van der Waals surface area (Å²) < 4.78 is 296. The molecule has 0 aromatic carbocycles. The molecular formula is C14F22O4. The summed E-state index contributed by atoms with van der Waals surface area (Å²) in [5.74, 6) is -91.4. The third-order valence-corrected chi connectivity index (χ3v) is 5.64. The van der Waals surface area contributed by atoms with E-state index in [0.29, 0.717) is 0 Å². The molecule has 0 saturated heterocycles. The number of carbonyl (C=O) groups is 2. The summed E-state index contributed by atoms with van der Waals surface area (Å²) >= 11 is 0. The molecule has 0 aliphatic heterocycles. The fraction of sp³-hybridized carbons (Fsp3) is 0.857. The Hall–Kier alpha value is -2.60. The Kier molecular flexibility index (Phi) is 6.40. The van der Waals surface area contributed by atoms with E-state index in [4.69, 9.17) is 0 Å². The maximum atomic E-state index is 14.3. The molecule has 26 heteroatoms. The summed E-state index contributed by atoms with van der Waals surface area (Å²) in [7, 11) is 0. The molecule has 0 unspecified atom stereocenters. The summed E-state index contributed by atoms with van der Waals surface area (Å²) in [6, 6.07) is 0. The van der Waals surface area contributed by atoms with Crippen LogP contribution in [0.3, 0.4) is 0 Å². The molecule has 0 atom stereocenters. The predicted octanol–water partition coefficient (Wildman–Crippen LogP) is 5.78. The van der Waals surface area contributed by atoms with Gasteiger partial charge in [0.05, 0.1) is 0 Å². The maximum Gasteiger partial charge on any atom is 0.405 e. The molecule has 2 aliphatic rings. The van der Waals surface area contributed by atoms with Crippen LogP contribution in [0, 0.1) is 0 Å². The van der Waals surface area contributed by atoms with Crippen LogP contribution in [0.25, 0.3) is 0 Å². The SMILES string of the molecule is O=C(OOC(=O)C1(F)C(F)(F)C(F)(F)C(F)(F)C(F)(F)C1(F)F)C1(F)C(F)(F)C(F)(F)C(F)(F)C(F)(F)C1(F)F. The van der Waals surface area contributed by atoms with Gasteiger partial charge < -0.3 is 0 Å². The van der Waals surface area contributed by atoms with E-state index in [9.17, 15) is 106 Å². The molecule has 2 rings (SSSR count). The third-order valence-electron chi connectivity index (χ3n) is 5.64. The molecule has 0 bridgehead atoms. The van der Waals surface area contributed by atoms with Crippen molar-refractivity contribution < 1.29 is 116 Å². The van der Waals surface area contributed by atoms with E-state index < -0.39 is 82.5 Å². The van der Waals surface area contributed by atoms with Gasteiger partial charge in [0.1, 0.15) is 0 Å². The van der Waals surface area contributed by atoms with Gasteiger partial charge in [-0.2, -0.15) is 87.8 Å². The van der Waals surface area contributed by atoms with Crippen molar-refractivity contribution in [2.45, 2.75) is 70.6 Å². The highest BCUT2D eigenvalue weighted by Gasteiger charge is 3.05. The number of carbonyl (C=O) groups excluding carboxylic acids is 2. The van der Waals surface area contributed by atoms with Crippen molar-refractivity contribution in [3.05, 3.63) is 0 Å². The molecule has 40 heavy (non-hydrogen) atoms. The topological polar surface area (TPSA) is 52.6 Å². The second-order valence-electron chi connectivity index (χ2n) is 7.80. The van der Waals surface area contributed by atoms with Gasteiger partial charge in [-0.15, -0.1) is 0 Å². The van der Waals surface area contributed by atoms with E-state index >= 15 is 0 Å². The van der Waals surface area contributed by atoms with Crippen molar-refractivity contribution in [2.75, 3.05) is 0 Å². The Morgan fingerprint density at radius 2 is 0.400 bits per heavy atom. The summed E-state index contributed by atoms with van der Waals surface area (Å²) in [5.41, 5.74) is -16.0. The van der Waals surface area contributed by atoms with E-state index in [1.165, 1.54) is 0 Å². The van der Waals surface area contributed by atoms with Crippen LogP contribution in [-0.2, 0) is 19.4 Å². The van der Waals surface area contributed by atoms with Crippen LogP contribution in [0.2, 0.25) is 0 Å². The van der Waals surface area contributed by atoms with Crippen LogP contribution in [0.5, 0.6) is 0 Å².